The molecular weight excluding hydrogens is 330 g/mol. The maximum atomic E-state index is 15.0. The van der Waals surface area contributed by atoms with Gasteiger partial charge in [-0.05, 0) is 48.6 Å². The van der Waals surface area contributed by atoms with E-state index in [2.05, 4.69) is 0 Å². The molecule has 3 aromatic rings. The summed E-state index contributed by atoms with van der Waals surface area (Å²) in [6.07, 6.45) is 0.419. The van der Waals surface area contributed by atoms with E-state index in [4.69, 9.17) is 4.74 Å². The second kappa shape index (κ2) is 6.24. The zero-order valence-corrected chi connectivity index (χ0v) is 15.1. The van der Waals surface area contributed by atoms with Crippen molar-refractivity contribution in [1.82, 2.24) is 0 Å². The van der Waals surface area contributed by atoms with E-state index in [1.54, 1.807) is 19.9 Å². The number of rotatable bonds is 2. The number of fused-ring (bicyclic) bond motifs is 1. The monoisotopic (exact) mass is 350 g/mol. The molecule has 1 aliphatic rings. The molecule has 0 N–H and O–H groups in total. The zero-order valence-electron chi connectivity index (χ0n) is 15.1. The van der Waals surface area contributed by atoms with Crippen molar-refractivity contribution in [3.63, 3.8) is 0 Å². The fourth-order valence-corrected chi connectivity index (χ4v) is 3.74. The van der Waals surface area contributed by atoms with Gasteiger partial charge in [0.05, 0.1) is 0 Å². The third-order valence-corrected chi connectivity index (χ3v) is 5.21. The molecule has 0 radical (unpaired) electrons. The molecule has 0 aliphatic carbocycles. The maximum Gasteiger partial charge on any atom is 0.134 e. The summed E-state index contributed by atoms with van der Waals surface area (Å²) >= 11 is 0. The normalized spacial score (nSPS) is 15.7. The Hall–Kier alpha value is -2.68. The van der Waals surface area contributed by atoms with E-state index in [1.165, 1.54) is 6.07 Å². The van der Waals surface area contributed by atoms with Crippen LogP contribution in [0.15, 0.2) is 48.5 Å². The van der Waals surface area contributed by atoms with E-state index in [1.807, 2.05) is 43.3 Å². The molecule has 0 saturated heterocycles. The summed E-state index contributed by atoms with van der Waals surface area (Å²) in [6, 6.07) is 14.9. The highest BCUT2D eigenvalue weighted by Crippen LogP contribution is 2.46. The number of benzene rings is 3. The Morgan fingerprint density at radius 2 is 1.58 bits per heavy atom. The summed E-state index contributed by atoms with van der Waals surface area (Å²) in [5.74, 6) is -0.144. The topological polar surface area (TPSA) is 9.23 Å². The summed E-state index contributed by atoms with van der Waals surface area (Å²) in [4.78, 5) is 0. The first kappa shape index (κ1) is 16.8. The minimum atomic E-state index is -0.368. The van der Waals surface area contributed by atoms with Gasteiger partial charge in [-0.2, -0.15) is 0 Å². The molecule has 0 aromatic heterocycles. The molecule has 1 unspecified atom stereocenters. The van der Waals surface area contributed by atoms with Gasteiger partial charge in [-0.1, -0.05) is 42.5 Å². The van der Waals surface area contributed by atoms with Crippen molar-refractivity contribution in [3.8, 4) is 16.9 Å². The highest BCUT2D eigenvalue weighted by atomic mass is 19.1. The largest absolute Gasteiger partial charge is 0.485 e. The molecule has 1 aliphatic heterocycles. The summed E-state index contributed by atoms with van der Waals surface area (Å²) in [7, 11) is 0. The first-order valence-corrected chi connectivity index (χ1v) is 8.77. The number of aryl methyl sites for hydroxylation is 2. The second-order valence-corrected chi connectivity index (χ2v) is 6.94. The van der Waals surface area contributed by atoms with Crippen molar-refractivity contribution in [2.75, 3.05) is 0 Å². The van der Waals surface area contributed by atoms with E-state index < -0.39 is 0 Å². The lowest BCUT2D eigenvalue weighted by atomic mass is 9.88. The lowest BCUT2D eigenvalue weighted by Gasteiger charge is -2.16. The minimum Gasteiger partial charge on any atom is -0.485 e. The van der Waals surface area contributed by atoms with Gasteiger partial charge in [-0.25, -0.2) is 8.78 Å². The molecule has 0 fully saturated rings. The summed E-state index contributed by atoms with van der Waals surface area (Å²) < 4.78 is 35.6. The van der Waals surface area contributed by atoms with Gasteiger partial charge in [0.2, 0.25) is 0 Å². The third-order valence-electron chi connectivity index (χ3n) is 5.21. The smallest absolute Gasteiger partial charge is 0.134 e. The predicted octanol–water partition coefficient (Wildman–Crippen LogP) is 6.23. The van der Waals surface area contributed by atoms with Crippen LogP contribution in [0.3, 0.4) is 0 Å². The average molecular weight is 350 g/mol. The molecule has 1 atom stereocenters. The molecule has 26 heavy (non-hydrogen) atoms. The number of hydrogen-bond acceptors (Lipinski definition) is 1. The Bertz CT molecular complexity index is 993. The molecular formula is C23H20F2O. The second-order valence-electron chi connectivity index (χ2n) is 6.94. The van der Waals surface area contributed by atoms with Gasteiger partial charge in [0.15, 0.2) is 0 Å². The quantitative estimate of drug-likeness (QED) is 0.532. The molecule has 4 rings (SSSR count). The maximum absolute atomic E-state index is 15.0. The van der Waals surface area contributed by atoms with E-state index in [0.29, 0.717) is 34.4 Å². The van der Waals surface area contributed by atoms with Crippen LogP contribution in [-0.4, -0.2) is 0 Å². The third kappa shape index (κ3) is 2.59. The molecule has 0 saturated carbocycles. The summed E-state index contributed by atoms with van der Waals surface area (Å²) in [5, 5.41) is 0. The first-order chi connectivity index (χ1) is 12.5. The van der Waals surface area contributed by atoms with Crippen molar-refractivity contribution in [3.05, 3.63) is 88.0 Å². The SMILES string of the molecule is Cc1ccc(C)c(-c2c(C)c(F)cc3c2CC(c2ccccc2)O3)c1F. The van der Waals surface area contributed by atoms with Gasteiger partial charge in [0.1, 0.15) is 23.5 Å². The van der Waals surface area contributed by atoms with Crippen molar-refractivity contribution in [1.29, 1.82) is 0 Å². The predicted molar refractivity (Wildman–Crippen MR) is 99.5 cm³/mol. The van der Waals surface area contributed by atoms with Gasteiger partial charge in [-0.3, -0.25) is 0 Å². The van der Waals surface area contributed by atoms with Crippen LogP contribution in [0, 0.1) is 32.4 Å². The van der Waals surface area contributed by atoms with Crippen LogP contribution in [0.25, 0.3) is 11.1 Å². The van der Waals surface area contributed by atoms with Gasteiger partial charge in [0, 0.05) is 23.6 Å². The standard InChI is InChI=1S/C23H20F2O/c1-13-9-10-14(2)23(25)21(13)22-15(3)18(24)12-20-17(22)11-19(26-20)16-7-5-4-6-8-16/h4-10,12,19H,11H2,1-3H3. The Kier molecular flexibility index (Phi) is 4.03. The Morgan fingerprint density at radius 1 is 0.885 bits per heavy atom. The Balaban J connectivity index is 1.91. The number of ether oxygens (including phenoxy) is 1. The fourth-order valence-electron chi connectivity index (χ4n) is 3.74. The molecule has 132 valence electrons. The first-order valence-electron chi connectivity index (χ1n) is 8.77. The van der Waals surface area contributed by atoms with Crippen LogP contribution in [0.1, 0.15) is 33.9 Å². The lowest BCUT2D eigenvalue weighted by Crippen LogP contribution is -2.03. The van der Waals surface area contributed by atoms with E-state index in [0.717, 1.165) is 16.7 Å². The summed E-state index contributed by atoms with van der Waals surface area (Å²) in [6.45, 7) is 5.30. The van der Waals surface area contributed by atoms with Gasteiger partial charge in [0.25, 0.3) is 0 Å². The highest BCUT2D eigenvalue weighted by molar-refractivity contribution is 5.78. The van der Waals surface area contributed by atoms with Crippen LogP contribution >= 0.6 is 0 Å². The van der Waals surface area contributed by atoms with Crippen LogP contribution < -0.4 is 4.74 Å². The Morgan fingerprint density at radius 3 is 2.31 bits per heavy atom. The van der Waals surface area contributed by atoms with E-state index >= 15 is 0 Å². The fraction of sp³-hybridized carbons (Fsp3) is 0.217. The number of halogens is 2. The van der Waals surface area contributed by atoms with Crippen molar-refractivity contribution in [2.24, 2.45) is 0 Å². The van der Waals surface area contributed by atoms with Crippen molar-refractivity contribution >= 4 is 0 Å². The van der Waals surface area contributed by atoms with Gasteiger partial charge < -0.3 is 4.74 Å². The molecule has 0 amide bonds. The molecule has 3 heteroatoms. The van der Waals surface area contributed by atoms with Crippen LogP contribution in [0.5, 0.6) is 5.75 Å². The van der Waals surface area contributed by atoms with Crippen LogP contribution in [0.4, 0.5) is 8.78 Å². The van der Waals surface area contributed by atoms with Crippen LogP contribution in [-0.2, 0) is 6.42 Å². The highest BCUT2D eigenvalue weighted by Gasteiger charge is 2.31. The van der Waals surface area contributed by atoms with Gasteiger partial charge in [-0.15, -0.1) is 0 Å². The van der Waals surface area contributed by atoms with Crippen LogP contribution in [0.2, 0.25) is 0 Å². The molecule has 3 aromatic carbocycles. The molecule has 0 spiro atoms. The molecule has 1 heterocycles. The van der Waals surface area contributed by atoms with Crippen molar-refractivity contribution < 1.29 is 13.5 Å². The minimum absolute atomic E-state index is 0.181. The van der Waals surface area contributed by atoms with E-state index in [-0.39, 0.29) is 17.7 Å². The van der Waals surface area contributed by atoms with Crippen molar-refractivity contribution in [2.45, 2.75) is 33.3 Å². The summed E-state index contributed by atoms with van der Waals surface area (Å²) in [5.41, 5.74) is 4.86. The molecule has 1 nitrogen and oxygen atoms in total. The lowest BCUT2D eigenvalue weighted by molar-refractivity contribution is 0.238. The van der Waals surface area contributed by atoms with Gasteiger partial charge >= 0.3 is 0 Å². The van der Waals surface area contributed by atoms with E-state index in [9.17, 15) is 8.78 Å². The average Bonchev–Trinajstić information content (AvgIpc) is 3.06. The Labute approximate surface area is 152 Å². The molecule has 0 bridgehead atoms. The zero-order chi connectivity index (χ0) is 18.4. The number of hydrogen-bond donors (Lipinski definition) is 0.